The predicted molar refractivity (Wildman–Crippen MR) is 95.4 cm³/mol. The Morgan fingerprint density at radius 1 is 1.04 bits per heavy atom. The van der Waals surface area contributed by atoms with Gasteiger partial charge in [0.25, 0.3) is 5.91 Å². The highest BCUT2D eigenvalue weighted by atomic mass is 16.4. The molecule has 3 N–H and O–H groups in total. The van der Waals surface area contributed by atoms with Crippen molar-refractivity contribution < 1.29 is 19.5 Å². The third kappa shape index (κ3) is 4.37. The molecule has 27 heavy (non-hydrogen) atoms. The Morgan fingerprint density at radius 3 is 2.30 bits per heavy atom. The average molecular weight is 368 g/mol. The van der Waals surface area contributed by atoms with Crippen molar-refractivity contribution in [3.05, 3.63) is 60.2 Å². The van der Waals surface area contributed by atoms with E-state index in [0.717, 1.165) is 4.68 Å². The number of aromatic nitrogens is 4. The van der Waals surface area contributed by atoms with E-state index in [-0.39, 0.29) is 18.1 Å². The summed E-state index contributed by atoms with van der Waals surface area (Å²) >= 11 is 0. The van der Waals surface area contributed by atoms with Gasteiger partial charge in [-0.25, -0.2) is 9.48 Å². The van der Waals surface area contributed by atoms with Crippen molar-refractivity contribution in [2.24, 2.45) is 7.05 Å². The number of amides is 2. The first-order chi connectivity index (χ1) is 12.9. The zero-order chi connectivity index (χ0) is 19.4. The SMILES string of the molecule is Cn1ccc(C(=O)Nc2ccc(NC(=O)Cn3nccc3C(=O)O)cc2)n1. The maximum absolute atomic E-state index is 12.1. The first kappa shape index (κ1) is 17.9. The van der Waals surface area contributed by atoms with Gasteiger partial charge in [-0.2, -0.15) is 10.2 Å². The van der Waals surface area contributed by atoms with E-state index in [1.807, 2.05) is 0 Å². The Kier molecular flexibility index (Phi) is 4.97. The van der Waals surface area contributed by atoms with E-state index in [2.05, 4.69) is 20.8 Å². The van der Waals surface area contributed by atoms with Gasteiger partial charge in [0.2, 0.25) is 5.91 Å². The summed E-state index contributed by atoms with van der Waals surface area (Å²) in [6, 6.07) is 9.42. The zero-order valence-corrected chi connectivity index (χ0v) is 14.3. The summed E-state index contributed by atoms with van der Waals surface area (Å²) in [6.07, 6.45) is 2.98. The standard InChI is InChI=1S/C17H16N6O4/c1-22-9-7-13(21-22)16(25)20-12-4-2-11(3-5-12)19-15(24)10-23-14(17(26)27)6-8-18-23/h2-9H,10H2,1H3,(H,19,24)(H,20,25)(H,26,27). The van der Waals surface area contributed by atoms with E-state index in [1.54, 1.807) is 43.6 Å². The Bertz CT molecular complexity index is 989. The Balaban J connectivity index is 1.58. The van der Waals surface area contributed by atoms with Gasteiger partial charge in [-0.05, 0) is 36.4 Å². The Morgan fingerprint density at radius 2 is 1.70 bits per heavy atom. The molecule has 0 saturated heterocycles. The van der Waals surface area contributed by atoms with Crippen LogP contribution in [0.5, 0.6) is 0 Å². The van der Waals surface area contributed by atoms with Gasteiger partial charge in [-0.15, -0.1) is 0 Å². The lowest BCUT2D eigenvalue weighted by atomic mass is 10.2. The number of carboxylic acid groups (broad SMARTS) is 1. The van der Waals surface area contributed by atoms with Gasteiger partial charge in [-0.1, -0.05) is 0 Å². The van der Waals surface area contributed by atoms with Crippen LogP contribution in [0.15, 0.2) is 48.8 Å². The van der Waals surface area contributed by atoms with Crippen LogP contribution < -0.4 is 10.6 Å². The van der Waals surface area contributed by atoms with Crippen molar-refractivity contribution >= 4 is 29.2 Å². The topological polar surface area (TPSA) is 131 Å². The number of hydrogen-bond donors (Lipinski definition) is 3. The number of carbonyl (C=O) groups is 3. The largest absolute Gasteiger partial charge is 0.477 e. The number of carboxylic acids is 1. The van der Waals surface area contributed by atoms with Gasteiger partial charge in [0, 0.05) is 30.8 Å². The first-order valence-electron chi connectivity index (χ1n) is 7.88. The molecule has 0 aliphatic heterocycles. The average Bonchev–Trinajstić information content (AvgIpc) is 3.25. The molecule has 0 fully saturated rings. The van der Waals surface area contributed by atoms with Gasteiger partial charge in [0.15, 0.2) is 5.69 Å². The lowest BCUT2D eigenvalue weighted by molar-refractivity contribution is -0.116. The molecule has 3 aromatic rings. The van der Waals surface area contributed by atoms with Crippen molar-refractivity contribution in [1.82, 2.24) is 19.6 Å². The molecule has 2 heterocycles. The number of benzene rings is 1. The maximum atomic E-state index is 12.1. The van der Waals surface area contributed by atoms with Crippen LogP contribution in [0, 0.1) is 0 Å². The molecule has 138 valence electrons. The molecule has 0 aliphatic carbocycles. The highest BCUT2D eigenvalue weighted by Crippen LogP contribution is 2.14. The van der Waals surface area contributed by atoms with E-state index in [4.69, 9.17) is 5.11 Å². The van der Waals surface area contributed by atoms with Gasteiger partial charge in [0.1, 0.15) is 12.2 Å². The molecule has 0 radical (unpaired) electrons. The van der Waals surface area contributed by atoms with Gasteiger partial charge in [0.05, 0.1) is 0 Å². The minimum absolute atomic E-state index is 0.0715. The number of nitrogens with zero attached hydrogens (tertiary/aromatic N) is 4. The molecule has 0 saturated carbocycles. The highest BCUT2D eigenvalue weighted by molar-refractivity contribution is 6.03. The van der Waals surface area contributed by atoms with Crippen LogP contribution in [0.2, 0.25) is 0 Å². The van der Waals surface area contributed by atoms with Crippen LogP contribution in [-0.2, 0) is 18.4 Å². The molecule has 10 heteroatoms. The van der Waals surface area contributed by atoms with Crippen molar-refractivity contribution in [3.8, 4) is 0 Å². The molecule has 2 aromatic heterocycles. The summed E-state index contributed by atoms with van der Waals surface area (Å²) in [6.45, 7) is -0.229. The van der Waals surface area contributed by atoms with E-state index < -0.39 is 11.9 Å². The van der Waals surface area contributed by atoms with E-state index in [1.165, 1.54) is 16.9 Å². The van der Waals surface area contributed by atoms with Crippen LogP contribution in [0.1, 0.15) is 21.0 Å². The number of aromatic carboxylic acids is 1. The van der Waals surface area contributed by atoms with Gasteiger partial charge in [-0.3, -0.25) is 14.3 Å². The monoisotopic (exact) mass is 368 g/mol. The zero-order valence-electron chi connectivity index (χ0n) is 14.3. The normalized spacial score (nSPS) is 10.4. The van der Waals surface area contributed by atoms with Crippen molar-refractivity contribution in [2.75, 3.05) is 10.6 Å². The smallest absolute Gasteiger partial charge is 0.354 e. The van der Waals surface area contributed by atoms with Crippen molar-refractivity contribution in [1.29, 1.82) is 0 Å². The second-order valence-electron chi connectivity index (χ2n) is 5.63. The molecule has 0 atom stereocenters. The third-order valence-electron chi connectivity index (χ3n) is 3.60. The molecule has 0 bridgehead atoms. The fourth-order valence-electron chi connectivity index (χ4n) is 2.35. The quantitative estimate of drug-likeness (QED) is 0.599. The summed E-state index contributed by atoms with van der Waals surface area (Å²) in [5.41, 5.74) is 1.27. The number of rotatable bonds is 6. The van der Waals surface area contributed by atoms with E-state index in [9.17, 15) is 14.4 Å². The first-order valence-corrected chi connectivity index (χ1v) is 7.88. The number of nitrogens with one attached hydrogen (secondary N) is 2. The van der Waals surface area contributed by atoms with Crippen molar-refractivity contribution in [3.63, 3.8) is 0 Å². The van der Waals surface area contributed by atoms with Crippen LogP contribution >= 0.6 is 0 Å². The number of anilines is 2. The predicted octanol–water partition coefficient (Wildman–Crippen LogP) is 1.21. The van der Waals surface area contributed by atoms with Crippen LogP contribution in [-0.4, -0.2) is 42.5 Å². The molecule has 0 unspecified atom stereocenters. The summed E-state index contributed by atoms with van der Waals surface area (Å²) in [5, 5.41) is 22.2. The molecule has 10 nitrogen and oxygen atoms in total. The highest BCUT2D eigenvalue weighted by Gasteiger charge is 2.13. The summed E-state index contributed by atoms with van der Waals surface area (Å²) < 4.78 is 2.63. The van der Waals surface area contributed by atoms with Crippen LogP contribution in [0.4, 0.5) is 11.4 Å². The van der Waals surface area contributed by atoms with Crippen LogP contribution in [0.25, 0.3) is 0 Å². The maximum Gasteiger partial charge on any atom is 0.354 e. The minimum atomic E-state index is -1.16. The summed E-state index contributed by atoms with van der Waals surface area (Å²) in [4.78, 5) is 35.1. The number of hydrogen-bond acceptors (Lipinski definition) is 5. The van der Waals surface area contributed by atoms with Gasteiger partial charge >= 0.3 is 5.97 Å². The molecule has 3 rings (SSSR count). The molecule has 0 aliphatic rings. The van der Waals surface area contributed by atoms with E-state index in [0.29, 0.717) is 17.1 Å². The molecule has 1 aromatic carbocycles. The molecule has 2 amide bonds. The fourth-order valence-corrected chi connectivity index (χ4v) is 2.35. The molecular weight excluding hydrogens is 352 g/mol. The molecule has 0 spiro atoms. The minimum Gasteiger partial charge on any atom is -0.477 e. The van der Waals surface area contributed by atoms with Crippen LogP contribution in [0.3, 0.4) is 0 Å². The van der Waals surface area contributed by atoms with Gasteiger partial charge < -0.3 is 15.7 Å². The van der Waals surface area contributed by atoms with Crippen molar-refractivity contribution in [2.45, 2.75) is 6.54 Å². The number of carbonyl (C=O) groups excluding carboxylic acids is 2. The molecular formula is C17H16N6O4. The fraction of sp³-hybridized carbons (Fsp3) is 0.118. The second kappa shape index (κ2) is 7.52. The van der Waals surface area contributed by atoms with E-state index >= 15 is 0 Å². The lowest BCUT2D eigenvalue weighted by Gasteiger charge is -2.08. The Labute approximate surface area is 153 Å². The summed E-state index contributed by atoms with van der Waals surface area (Å²) in [5.74, 6) is -1.92. The lowest BCUT2D eigenvalue weighted by Crippen LogP contribution is -2.22. The Hall–Kier alpha value is -3.95. The summed E-state index contributed by atoms with van der Waals surface area (Å²) in [7, 11) is 1.72. The number of aryl methyl sites for hydroxylation is 1. The second-order valence-corrected chi connectivity index (χ2v) is 5.63. The third-order valence-corrected chi connectivity index (χ3v) is 3.60.